The minimum absolute atomic E-state index is 0.0122. The summed E-state index contributed by atoms with van der Waals surface area (Å²) in [6.45, 7) is 6.26. The van der Waals surface area contributed by atoms with E-state index in [1.165, 1.54) is 28.8 Å². The lowest BCUT2D eigenvalue weighted by Gasteiger charge is -2.42. The molecule has 2 atom stereocenters. The molecule has 2 aliphatic rings. The minimum atomic E-state index is -3.85. The van der Waals surface area contributed by atoms with Gasteiger partial charge in [0.15, 0.2) is 0 Å². The van der Waals surface area contributed by atoms with Crippen molar-refractivity contribution in [1.82, 2.24) is 14.2 Å². The number of sulfonamides is 1. The zero-order valence-electron chi connectivity index (χ0n) is 22.1. The summed E-state index contributed by atoms with van der Waals surface area (Å²) in [4.78, 5) is 22.1. The van der Waals surface area contributed by atoms with Crippen molar-refractivity contribution >= 4 is 33.2 Å². The van der Waals surface area contributed by atoms with Crippen molar-refractivity contribution in [3.8, 4) is 0 Å². The monoisotopic (exact) mass is 570 g/mol. The van der Waals surface area contributed by atoms with E-state index >= 15 is 4.39 Å². The number of anilines is 1. The second-order valence-corrected chi connectivity index (χ2v) is 12.7. The van der Waals surface area contributed by atoms with Crippen LogP contribution in [-0.2, 0) is 14.8 Å². The molecule has 39 heavy (non-hydrogen) atoms. The average Bonchev–Trinajstić information content (AvgIpc) is 2.94. The van der Waals surface area contributed by atoms with Crippen LogP contribution in [0.5, 0.6) is 0 Å². The van der Waals surface area contributed by atoms with Crippen molar-refractivity contribution in [2.75, 3.05) is 44.2 Å². The molecule has 2 saturated heterocycles. The smallest absolute Gasteiger partial charge is 0.244 e. The quantitative estimate of drug-likeness (QED) is 0.447. The van der Waals surface area contributed by atoms with Gasteiger partial charge in [0.25, 0.3) is 0 Å². The van der Waals surface area contributed by atoms with Gasteiger partial charge in [-0.15, -0.1) is 0 Å². The first-order chi connectivity index (χ1) is 18.6. The van der Waals surface area contributed by atoms with Crippen LogP contribution in [0.3, 0.4) is 0 Å². The molecule has 10 heteroatoms. The highest BCUT2D eigenvalue weighted by molar-refractivity contribution is 7.89. The van der Waals surface area contributed by atoms with Gasteiger partial charge in [-0.3, -0.25) is 9.78 Å². The number of hydrogen-bond acceptors (Lipinski definition) is 5. The van der Waals surface area contributed by atoms with Gasteiger partial charge in [0, 0.05) is 68.3 Å². The maximum absolute atomic E-state index is 15.1. The highest BCUT2D eigenvalue weighted by Gasteiger charge is 2.42. The van der Waals surface area contributed by atoms with Crippen LogP contribution in [0.2, 0.25) is 5.02 Å². The Labute approximate surface area is 234 Å². The molecule has 2 aliphatic heterocycles. The predicted molar refractivity (Wildman–Crippen MR) is 150 cm³/mol. The number of piperazine rings is 1. The van der Waals surface area contributed by atoms with E-state index < -0.39 is 21.9 Å². The van der Waals surface area contributed by atoms with Gasteiger partial charge < -0.3 is 9.80 Å². The summed E-state index contributed by atoms with van der Waals surface area (Å²) < 4.78 is 43.3. The van der Waals surface area contributed by atoms with Crippen LogP contribution in [0, 0.1) is 25.6 Å². The molecule has 0 saturated carbocycles. The fourth-order valence-corrected chi connectivity index (χ4v) is 7.28. The molecule has 7 nitrogen and oxygen atoms in total. The van der Waals surface area contributed by atoms with Crippen molar-refractivity contribution in [3.63, 3.8) is 0 Å². The Bertz CT molecular complexity index is 1460. The Balaban J connectivity index is 1.40. The summed E-state index contributed by atoms with van der Waals surface area (Å²) in [5.41, 5.74) is 3.41. The third-order valence-electron chi connectivity index (χ3n) is 7.82. The lowest BCUT2D eigenvalue weighted by Crippen LogP contribution is -2.54. The van der Waals surface area contributed by atoms with Gasteiger partial charge in [-0.1, -0.05) is 29.8 Å². The van der Waals surface area contributed by atoms with Gasteiger partial charge in [0.2, 0.25) is 15.9 Å². The molecule has 0 bridgehead atoms. The number of pyridine rings is 1. The topological polar surface area (TPSA) is 73.8 Å². The van der Waals surface area contributed by atoms with E-state index in [-0.39, 0.29) is 29.7 Å². The highest BCUT2D eigenvalue weighted by Crippen LogP contribution is 2.38. The molecule has 2 fully saturated rings. The number of benzene rings is 2. The van der Waals surface area contributed by atoms with Crippen molar-refractivity contribution in [1.29, 1.82) is 0 Å². The molecule has 3 aromatic rings. The van der Waals surface area contributed by atoms with Crippen LogP contribution in [0.25, 0.3) is 0 Å². The number of rotatable bonds is 5. The number of carbonyl (C=O) groups is 1. The predicted octanol–water partition coefficient (Wildman–Crippen LogP) is 4.63. The maximum atomic E-state index is 15.1. The summed E-state index contributed by atoms with van der Waals surface area (Å²) >= 11 is 6.23. The van der Waals surface area contributed by atoms with Crippen LogP contribution < -0.4 is 4.90 Å². The molecule has 2 unspecified atom stereocenters. The lowest BCUT2D eigenvalue weighted by atomic mass is 9.79. The third-order valence-corrected chi connectivity index (χ3v) is 9.91. The zero-order chi connectivity index (χ0) is 27.7. The van der Waals surface area contributed by atoms with Gasteiger partial charge in [0.1, 0.15) is 10.7 Å². The fourth-order valence-electron chi connectivity index (χ4n) is 5.67. The van der Waals surface area contributed by atoms with E-state index in [2.05, 4.69) is 9.88 Å². The second kappa shape index (κ2) is 11.2. The zero-order valence-corrected chi connectivity index (χ0v) is 23.6. The number of hydrogen-bond donors (Lipinski definition) is 0. The largest absolute Gasteiger partial charge is 0.368 e. The summed E-state index contributed by atoms with van der Waals surface area (Å²) in [7, 11) is -3.85. The molecule has 206 valence electrons. The third kappa shape index (κ3) is 5.66. The Morgan fingerprint density at radius 1 is 1.03 bits per heavy atom. The SMILES string of the molecule is Cc1ccc(C2CCN(S(=O)(=O)c3cccnc3)CC2C(=O)N2CCN(c3cc(Cl)ccc3C)CC2)c(F)c1. The van der Waals surface area contributed by atoms with E-state index in [4.69, 9.17) is 11.6 Å². The van der Waals surface area contributed by atoms with Gasteiger partial charge in [-0.2, -0.15) is 4.31 Å². The number of carbonyl (C=O) groups excluding carboxylic acids is 1. The Morgan fingerprint density at radius 3 is 2.49 bits per heavy atom. The number of piperidine rings is 1. The Kier molecular flexibility index (Phi) is 7.94. The van der Waals surface area contributed by atoms with Crippen molar-refractivity contribution in [3.05, 3.63) is 88.5 Å². The average molecular weight is 571 g/mol. The first-order valence-electron chi connectivity index (χ1n) is 13.1. The van der Waals surface area contributed by atoms with E-state index in [1.54, 1.807) is 17.0 Å². The van der Waals surface area contributed by atoms with Crippen LogP contribution in [-0.4, -0.2) is 67.8 Å². The number of halogens is 2. The Hall–Kier alpha value is -3.01. The van der Waals surface area contributed by atoms with Gasteiger partial charge in [0.05, 0.1) is 5.92 Å². The van der Waals surface area contributed by atoms with Crippen molar-refractivity contribution in [2.45, 2.75) is 31.1 Å². The van der Waals surface area contributed by atoms with Gasteiger partial charge in [-0.25, -0.2) is 12.8 Å². The standard InChI is InChI=1S/C29H32ClFN4O3S/c1-20-5-8-25(27(31)16-20)24-9-11-35(39(37,38)23-4-3-10-32-18-23)19-26(24)29(36)34-14-12-33(13-15-34)28-17-22(30)7-6-21(28)2/h3-8,10,16-18,24,26H,9,11-15,19H2,1-2H3. The molecule has 0 N–H and O–H groups in total. The fraction of sp³-hybridized carbons (Fsp3) is 0.379. The van der Waals surface area contributed by atoms with E-state index in [1.807, 2.05) is 38.1 Å². The van der Waals surface area contributed by atoms with Crippen molar-refractivity contribution < 1.29 is 17.6 Å². The molecule has 0 aliphatic carbocycles. The number of aromatic nitrogens is 1. The molecule has 0 radical (unpaired) electrons. The summed E-state index contributed by atoms with van der Waals surface area (Å²) in [6.07, 6.45) is 3.18. The first-order valence-corrected chi connectivity index (χ1v) is 14.9. The summed E-state index contributed by atoms with van der Waals surface area (Å²) in [5, 5.41) is 0.661. The molecule has 2 aromatic carbocycles. The minimum Gasteiger partial charge on any atom is -0.368 e. The van der Waals surface area contributed by atoms with E-state index in [0.29, 0.717) is 43.2 Å². The summed E-state index contributed by atoms with van der Waals surface area (Å²) in [6, 6.07) is 13.9. The number of aryl methyl sites for hydroxylation is 2. The first kappa shape index (κ1) is 27.6. The number of nitrogens with zero attached hydrogens (tertiary/aromatic N) is 4. The number of amides is 1. The molecule has 1 aromatic heterocycles. The van der Waals surface area contributed by atoms with Crippen LogP contribution >= 0.6 is 11.6 Å². The lowest BCUT2D eigenvalue weighted by molar-refractivity contribution is -0.137. The van der Waals surface area contributed by atoms with E-state index in [9.17, 15) is 13.2 Å². The normalized spacial score (nSPS) is 20.7. The molecular weight excluding hydrogens is 539 g/mol. The molecule has 5 rings (SSSR count). The molecular formula is C29H32ClFN4O3S. The van der Waals surface area contributed by atoms with Crippen LogP contribution in [0.1, 0.15) is 29.0 Å². The van der Waals surface area contributed by atoms with Gasteiger partial charge >= 0.3 is 0 Å². The van der Waals surface area contributed by atoms with Crippen molar-refractivity contribution in [2.24, 2.45) is 5.92 Å². The van der Waals surface area contributed by atoms with Crippen LogP contribution in [0.15, 0.2) is 65.8 Å². The van der Waals surface area contributed by atoms with Gasteiger partial charge in [-0.05, 0) is 67.3 Å². The van der Waals surface area contributed by atoms with E-state index in [0.717, 1.165) is 16.8 Å². The highest BCUT2D eigenvalue weighted by atomic mass is 35.5. The second-order valence-electron chi connectivity index (χ2n) is 10.3. The maximum Gasteiger partial charge on any atom is 0.244 e. The molecule has 3 heterocycles. The molecule has 0 spiro atoms. The van der Waals surface area contributed by atoms with Crippen LogP contribution in [0.4, 0.5) is 10.1 Å². The Morgan fingerprint density at radius 2 is 1.79 bits per heavy atom. The molecule has 1 amide bonds. The summed E-state index contributed by atoms with van der Waals surface area (Å²) in [5.74, 6) is -1.63.